The number of hydrogen-bond donors (Lipinski definition) is 1. The number of benzene rings is 1. The Kier molecular flexibility index (Phi) is 5.51. The normalized spacial score (nSPS) is 24.8. The van der Waals surface area contributed by atoms with Crippen molar-refractivity contribution in [2.75, 3.05) is 26.8 Å². The summed E-state index contributed by atoms with van der Waals surface area (Å²) in [6.07, 6.45) is -4.68. The molecular weight excluding hydrogens is 369 g/mol. The van der Waals surface area contributed by atoms with Crippen molar-refractivity contribution in [2.45, 2.75) is 24.6 Å². The van der Waals surface area contributed by atoms with E-state index in [1.807, 2.05) is 0 Å². The van der Waals surface area contributed by atoms with Gasteiger partial charge in [-0.15, -0.1) is 0 Å². The molecule has 0 spiro atoms. The number of hydrogen-bond acceptors (Lipinski definition) is 3. The summed E-state index contributed by atoms with van der Waals surface area (Å²) in [5.74, 6) is -2.06. The number of nitrogens with one attached hydrogen (secondary N) is 1. The molecule has 0 amide bonds. The van der Waals surface area contributed by atoms with Crippen LogP contribution in [0.1, 0.15) is 18.4 Å². The quantitative estimate of drug-likeness (QED) is 0.865. The summed E-state index contributed by atoms with van der Waals surface area (Å²) in [4.78, 5) is 0. The van der Waals surface area contributed by atoms with E-state index in [4.69, 9.17) is 16.3 Å². The van der Waals surface area contributed by atoms with Crippen LogP contribution < -0.4 is 4.72 Å². The summed E-state index contributed by atoms with van der Waals surface area (Å²) in [5, 5.41) is 0.296. The topological polar surface area (TPSA) is 58.6 Å². The Balaban J connectivity index is 2.59. The van der Waals surface area contributed by atoms with Crippen molar-refractivity contribution in [1.82, 2.24) is 9.03 Å². The van der Waals surface area contributed by atoms with Crippen molar-refractivity contribution in [3.63, 3.8) is 0 Å². The molecule has 2 atom stereocenters. The Morgan fingerprint density at radius 1 is 1.33 bits per heavy atom. The third-order valence-corrected chi connectivity index (χ3v) is 6.05. The highest BCUT2D eigenvalue weighted by Crippen LogP contribution is 2.47. The van der Waals surface area contributed by atoms with Crippen LogP contribution in [0.2, 0.25) is 5.02 Å². The van der Waals surface area contributed by atoms with E-state index in [0.717, 1.165) is 11.4 Å². The zero-order valence-electron chi connectivity index (χ0n) is 13.1. The predicted molar refractivity (Wildman–Crippen MR) is 84.2 cm³/mol. The lowest BCUT2D eigenvalue weighted by molar-refractivity contribution is -0.189. The molecule has 2 rings (SSSR count). The molecule has 0 bridgehead atoms. The van der Waals surface area contributed by atoms with Crippen molar-refractivity contribution in [2.24, 2.45) is 0 Å². The highest BCUT2D eigenvalue weighted by atomic mass is 35.5. The summed E-state index contributed by atoms with van der Waals surface area (Å²) in [7, 11) is -2.91. The number of alkyl halides is 3. The van der Waals surface area contributed by atoms with E-state index >= 15 is 0 Å². The van der Waals surface area contributed by atoms with Gasteiger partial charge in [0.05, 0.1) is 18.8 Å². The fourth-order valence-electron chi connectivity index (χ4n) is 3.04. The number of morpholine rings is 1. The average molecular weight is 387 g/mol. The fourth-order valence-corrected chi connectivity index (χ4v) is 4.41. The van der Waals surface area contributed by atoms with Gasteiger partial charge in [0.15, 0.2) is 0 Å². The van der Waals surface area contributed by atoms with E-state index in [2.05, 4.69) is 4.72 Å². The molecule has 1 N–H and O–H groups in total. The van der Waals surface area contributed by atoms with Gasteiger partial charge in [-0.2, -0.15) is 25.9 Å². The Hall–Kier alpha value is -0.870. The van der Waals surface area contributed by atoms with E-state index in [1.54, 1.807) is 0 Å². The van der Waals surface area contributed by atoms with Gasteiger partial charge in [-0.1, -0.05) is 23.7 Å². The van der Waals surface area contributed by atoms with Gasteiger partial charge in [0, 0.05) is 18.6 Å². The summed E-state index contributed by atoms with van der Waals surface area (Å²) in [5.41, 5.74) is -1.90. The van der Waals surface area contributed by atoms with Gasteiger partial charge in [0.25, 0.3) is 10.2 Å². The third-order valence-electron chi connectivity index (χ3n) is 4.10. The Labute approximate surface area is 143 Å². The predicted octanol–water partition coefficient (Wildman–Crippen LogP) is 2.54. The van der Waals surface area contributed by atoms with E-state index < -0.39 is 27.8 Å². The Morgan fingerprint density at radius 3 is 2.42 bits per heavy atom. The van der Waals surface area contributed by atoms with Gasteiger partial charge in [-0.25, -0.2) is 4.72 Å². The van der Waals surface area contributed by atoms with E-state index in [-0.39, 0.29) is 25.3 Å². The molecule has 1 fully saturated rings. The third kappa shape index (κ3) is 3.70. The van der Waals surface area contributed by atoms with Crippen molar-refractivity contribution in [1.29, 1.82) is 0 Å². The van der Waals surface area contributed by atoms with Crippen molar-refractivity contribution in [3.05, 3.63) is 34.9 Å². The van der Waals surface area contributed by atoms with Gasteiger partial charge in [-0.05, 0) is 24.6 Å². The first-order chi connectivity index (χ1) is 11.0. The van der Waals surface area contributed by atoms with Crippen LogP contribution >= 0.6 is 11.6 Å². The molecule has 0 radical (unpaired) electrons. The second-order valence-corrected chi connectivity index (χ2v) is 7.95. The minimum atomic E-state index is -4.68. The SMILES string of the molecule is CNS(=O)(=O)N1CCOCC1(C)C(c1ccc(Cl)cc1)C(F)(F)F. The van der Waals surface area contributed by atoms with Gasteiger partial charge >= 0.3 is 6.18 Å². The molecule has 1 aromatic carbocycles. The lowest BCUT2D eigenvalue weighted by Gasteiger charge is -2.48. The van der Waals surface area contributed by atoms with Crippen LogP contribution in [0, 0.1) is 0 Å². The zero-order valence-corrected chi connectivity index (χ0v) is 14.7. The van der Waals surface area contributed by atoms with E-state index in [9.17, 15) is 21.6 Å². The molecule has 1 aliphatic heterocycles. The summed E-state index contributed by atoms with van der Waals surface area (Å²) >= 11 is 5.75. The molecule has 5 nitrogen and oxygen atoms in total. The molecule has 10 heteroatoms. The summed E-state index contributed by atoms with van der Waals surface area (Å²) in [6, 6.07) is 5.20. The molecule has 2 unspecified atom stereocenters. The lowest BCUT2D eigenvalue weighted by atomic mass is 9.79. The van der Waals surface area contributed by atoms with Crippen LogP contribution in [-0.4, -0.2) is 51.2 Å². The van der Waals surface area contributed by atoms with Crippen LogP contribution in [-0.2, 0) is 14.9 Å². The number of rotatable bonds is 4. The van der Waals surface area contributed by atoms with Gasteiger partial charge in [-0.3, -0.25) is 0 Å². The van der Waals surface area contributed by atoms with E-state index in [0.29, 0.717) is 5.02 Å². The van der Waals surface area contributed by atoms with Crippen LogP contribution in [0.25, 0.3) is 0 Å². The van der Waals surface area contributed by atoms with Gasteiger partial charge < -0.3 is 4.74 Å². The minimum Gasteiger partial charge on any atom is -0.378 e. The average Bonchev–Trinajstić information content (AvgIpc) is 2.48. The lowest BCUT2D eigenvalue weighted by Crippen LogP contribution is -2.64. The monoisotopic (exact) mass is 386 g/mol. The molecule has 0 saturated carbocycles. The highest BCUT2D eigenvalue weighted by molar-refractivity contribution is 7.87. The molecule has 1 heterocycles. The molecule has 1 aromatic rings. The first-order valence-electron chi connectivity index (χ1n) is 7.13. The van der Waals surface area contributed by atoms with Crippen molar-refractivity contribution < 1.29 is 26.3 Å². The molecule has 136 valence electrons. The highest BCUT2D eigenvalue weighted by Gasteiger charge is 2.58. The number of halogens is 4. The first-order valence-corrected chi connectivity index (χ1v) is 8.95. The molecule has 24 heavy (non-hydrogen) atoms. The number of ether oxygens (including phenoxy) is 1. The molecular formula is C14H18ClF3N2O3S. The van der Waals surface area contributed by atoms with Crippen molar-refractivity contribution >= 4 is 21.8 Å². The second kappa shape index (κ2) is 6.80. The van der Waals surface area contributed by atoms with Crippen LogP contribution in [0.4, 0.5) is 13.2 Å². The van der Waals surface area contributed by atoms with Crippen molar-refractivity contribution in [3.8, 4) is 0 Å². The maximum Gasteiger partial charge on any atom is 0.397 e. The largest absolute Gasteiger partial charge is 0.397 e. The molecule has 0 aromatic heterocycles. The maximum absolute atomic E-state index is 13.9. The first kappa shape index (κ1) is 19.5. The summed E-state index contributed by atoms with van der Waals surface area (Å²) in [6.45, 7) is 0.732. The smallest absolute Gasteiger partial charge is 0.378 e. The zero-order chi connectivity index (χ0) is 18.2. The Bertz CT molecular complexity index is 682. The molecule has 0 aliphatic carbocycles. The van der Waals surface area contributed by atoms with E-state index in [1.165, 1.54) is 31.2 Å². The van der Waals surface area contributed by atoms with Gasteiger partial charge in [0.2, 0.25) is 0 Å². The molecule has 1 saturated heterocycles. The summed E-state index contributed by atoms with van der Waals surface area (Å²) < 4.78 is 74.3. The second-order valence-electron chi connectivity index (χ2n) is 5.72. The minimum absolute atomic E-state index is 0.0295. The number of nitrogens with zero attached hydrogens (tertiary/aromatic N) is 1. The van der Waals surface area contributed by atoms with Crippen LogP contribution in [0.3, 0.4) is 0 Å². The van der Waals surface area contributed by atoms with Crippen LogP contribution in [0.5, 0.6) is 0 Å². The van der Waals surface area contributed by atoms with Gasteiger partial charge in [0.1, 0.15) is 5.92 Å². The fraction of sp³-hybridized carbons (Fsp3) is 0.571. The molecule has 1 aliphatic rings. The maximum atomic E-state index is 13.9. The Morgan fingerprint density at radius 2 is 1.92 bits per heavy atom. The standard InChI is InChI=1S/C14H18ClF3N2O3S/c1-13(9-23-8-7-20(13)24(21,22)19-2)12(14(16,17)18)10-3-5-11(15)6-4-10/h3-6,12,19H,7-9H2,1-2H3. The van der Waals surface area contributed by atoms with Crippen LogP contribution in [0.15, 0.2) is 24.3 Å².